The van der Waals surface area contributed by atoms with Crippen LogP contribution in [0.25, 0.3) is 21.8 Å². The number of ether oxygens (including phenoxy) is 1. The first-order valence-electron chi connectivity index (χ1n) is 9.87. The zero-order chi connectivity index (χ0) is 22.7. The number of methoxy groups -OCH3 is 1. The maximum Gasteiger partial charge on any atom is 0.328 e. The largest absolute Gasteiger partial charge is 0.467 e. The number of para-hydroxylation sites is 2. The van der Waals surface area contributed by atoms with E-state index in [0.29, 0.717) is 32.9 Å². The van der Waals surface area contributed by atoms with Gasteiger partial charge in [-0.2, -0.15) is 0 Å². The van der Waals surface area contributed by atoms with Gasteiger partial charge in [0.15, 0.2) is 0 Å². The summed E-state index contributed by atoms with van der Waals surface area (Å²) in [5.74, 6) is -1.04. The van der Waals surface area contributed by atoms with Gasteiger partial charge < -0.3 is 10.1 Å². The third-order valence-corrected chi connectivity index (χ3v) is 5.19. The fraction of sp³-hybridized carbons (Fsp3) is 0.125. The van der Waals surface area contributed by atoms with Gasteiger partial charge in [0.1, 0.15) is 6.04 Å². The van der Waals surface area contributed by atoms with E-state index < -0.39 is 22.8 Å². The number of carbonyl (C=O) groups is 2. The number of hydrogen-bond acceptors (Lipinski definition) is 6. The molecule has 8 nitrogen and oxygen atoms in total. The van der Waals surface area contributed by atoms with Crippen LogP contribution in [0.2, 0.25) is 0 Å². The molecule has 0 bridgehead atoms. The van der Waals surface area contributed by atoms with Crippen LogP contribution in [0.15, 0.2) is 72.8 Å². The molecular weight excluding hydrogens is 410 g/mol. The van der Waals surface area contributed by atoms with Crippen LogP contribution in [0.1, 0.15) is 15.9 Å². The molecule has 4 rings (SSSR count). The van der Waals surface area contributed by atoms with Crippen LogP contribution in [0, 0.1) is 10.1 Å². The second-order valence-electron chi connectivity index (χ2n) is 7.20. The number of nitrogens with one attached hydrogen (secondary N) is 1. The molecule has 0 saturated carbocycles. The number of esters is 1. The zero-order valence-corrected chi connectivity index (χ0v) is 17.1. The summed E-state index contributed by atoms with van der Waals surface area (Å²) in [4.78, 5) is 40.8. The van der Waals surface area contributed by atoms with E-state index in [9.17, 15) is 19.7 Å². The predicted molar refractivity (Wildman–Crippen MR) is 119 cm³/mol. The van der Waals surface area contributed by atoms with Crippen LogP contribution in [0.4, 0.5) is 5.69 Å². The number of hydrogen-bond donors (Lipinski definition) is 1. The number of nitrogens with zero attached hydrogens (tertiary/aromatic N) is 2. The molecule has 0 aliphatic rings. The van der Waals surface area contributed by atoms with E-state index in [0.717, 1.165) is 0 Å². The highest BCUT2D eigenvalue weighted by Gasteiger charge is 2.25. The zero-order valence-electron chi connectivity index (χ0n) is 17.1. The van der Waals surface area contributed by atoms with Gasteiger partial charge in [-0.3, -0.25) is 14.9 Å². The maximum absolute atomic E-state index is 13.4. The quantitative estimate of drug-likeness (QED) is 0.216. The first-order valence-corrected chi connectivity index (χ1v) is 9.87. The summed E-state index contributed by atoms with van der Waals surface area (Å²) in [5.41, 5.74) is 2.35. The van der Waals surface area contributed by atoms with Crippen molar-refractivity contribution in [3.05, 3.63) is 94.0 Å². The number of rotatable bonds is 6. The van der Waals surface area contributed by atoms with Crippen LogP contribution in [-0.2, 0) is 16.0 Å². The molecule has 160 valence electrons. The summed E-state index contributed by atoms with van der Waals surface area (Å²) in [6, 6.07) is 19.5. The van der Waals surface area contributed by atoms with Crippen LogP contribution in [0.5, 0.6) is 0 Å². The van der Waals surface area contributed by atoms with Crippen molar-refractivity contribution in [3.8, 4) is 0 Å². The van der Waals surface area contributed by atoms with Gasteiger partial charge in [-0.15, -0.1) is 0 Å². The summed E-state index contributed by atoms with van der Waals surface area (Å²) >= 11 is 0. The smallest absolute Gasteiger partial charge is 0.328 e. The summed E-state index contributed by atoms with van der Waals surface area (Å²) in [6.07, 6.45) is 0.122. The van der Waals surface area contributed by atoms with Crippen molar-refractivity contribution in [2.24, 2.45) is 0 Å². The van der Waals surface area contributed by atoms with Crippen LogP contribution >= 0.6 is 0 Å². The van der Waals surface area contributed by atoms with Crippen LogP contribution in [0.3, 0.4) is 0 Å². The molecule has 3 aromatic carbocycles. The lowest BCUT2D eigenvalue weighted by atomic mass is 10.0. The van der Waals surface area contributed by atoms with Gasteiger partial charge in [0.25, 0.3) is 11.6 Å². The SMILES string of the molecule is COC(=O)[C@@H](Cc1ccc([N+](=O)[O-])cc1)NC(=O)c1c2ccccc2nc2ccccc12. The number of pyridine rings is 1. The summed E-state index contributed by atoms with van der Waals surface area (Å²) in [6.45, 7) is 0. The number of nitro groups is 1. The van der Waals surface area contributed by atoms with Gasteiger partial charge in [-0.25, -0.2) is 9.78 Å². The number of fused-ring (bicyclic) bond motifs is 2. The number of amides is 1. The number of aromatic nitrogens is 1. The standard InChI is InChI=1S/C24H19N3O5/c1-32-24(29)21(14-15-10-12-16(13-11-15)27(30)31)26-23(28)22-17-6-2-4-8-19(17)25-20-9-5-3-7-18(20)22/h2-13,21H,14H2,1H3,(H,26,28)/t21-/m1/s1. The molecule has 32 heavy (non-hydrogen) atoms. The Morgan fingerprint density at radius 3 is 2.06 bits per heavy atom. The van der Waals surface area contributed by atoms with Crippen molar-refractivity contribution in [2.75, 3.05) is 7.11 Å². The number of carbonyl (C=O) groups excluding carboxylic acids is 2. The van der Waals surface area contributed by atoms with Crippen LogP contribution < -0.4 is 5.32 Å². The normalized spacial score (nSPS) is 11.8. The fourth-order valence-corrected chi connectivity index (χ4v) is 3.64. The first-order chi connectivity index (χ1) is 15.5. The van der Waals surface area contributed by atoms with E-state index in [-0.39, 0.29) is 12.1 Å². The Labute approximate surface area is 183 Å². The van der Waals surface area contributed by atoms with Crippen molar-refractivity contribution in [3.63, 3.8) is 0 Å². The Bertz CT molecular complexity index is 1280. The molecule has 0 spiro atoms. The highest BCUT2D eigenvalue weighted by atomic mass is 16.6. The van der Waals surface area contributed by atoms with Gasteiger partial charge in [-0.05, 0) is 17.7 Å². The molecule has 0 aliphatic heterocycles. The summed E-state index contributed by atoms with van der Waals surface area (Å²) in [7, 11) is 1.24. The van der Waals surface area contributed by atoms with E-state index in [4.69, 9.17) is 4.74 Å². The monoisotopic (exact) mass is 429 g/mol. The number of non-ortho nitro benzene ring substituents is 1. The highest BCUT2D eigenvalue weighted by Crippen LogP contribution is 2.26. The molecule has 0 saturated heterocycles. The van der Waals surface area contributed by atoms with Crippen molar-refractivity contribution in [1.29, 1.82) is 0 Å². The molecule has 1 aromatic heterocycles. The van der Waals surface area contributed by atoms with E-state index in [1.54, 1.807) is 12.1 Å². The molecule has 0 unspecified atom stereocenters. The lowest BCUT2D eigenvalue weighted by molar-refractivity contribution is -0.384. The van der Waals surface area contributed by atoms with Crippen molar-refractivity contribution >= 4 is 39.4 Å². The lowest BCUT2D eigenvalue weighted by Gasteiger charge is -2.18. The van der Waals surface area contributed by atoms with Crippen molar-refractivity contribution in [1.82, 2.24) is 10.3 Å². The Balaban J connectivity index is 1.70. The van der Waals surface area contributed by atoms with E-state index in [2.05, 4.69) is 10.3 Å². The Hall–Kier alpha value is -4.33. The fourth-order valence-electron chi connectivity index (χ4n) is 3.64. The highest BCUT2D eigenvalue weighted by molar-refractivity contribution is 6.16. The summed E-state index contributed by atoms with van der Waals surface area (Å²) in [5, 5.41) is 15.0. The molecule has 1 N–H and O–H groups in total. The molecular formula is C24H19N3O5. The molecule has 0 radical (unpaired) electrons. The molecule has 8 heteroatoms. The van der Waals surface area contributed by atoms with Crippen LogP contribution in [-0.4, -0.2) is 34.9 Å². The maximum atomic E-state index is 13.4. The average Bonchev–Trinajstić information content (AvgIpc) is 2.81. The van der Waals surface area contributed by atoms with Gasteiger partial charge in [0.05, 0.1) is 28.6 Å². The van der Waals surface area contributed by atoms with E-state index in [1.807, 2.05) is 48.5 Å². The van der Waals surface area contributed by atoms with Gasteiger partial charge >= 0.3 is 5.97 Å². The number of benzene rings is 3. The molecule has 1 atom stereocenters. The molecule has 4 aromatic rings. The third kappa shape index (κ3) is 4.11. The molecule has 0 aliphatic carbocycles. The summed E-state index contributed by atoms with van der Waals surface area (Å²) < 4.78 is 4.88. The molecule has 0 fully saturated rings. The topological polar surface area (TPSA) is 111 Å². The molecule has 1 heterocycles. The minimum atomic E-state index is -0.973. The van der Waals surface area contributed by atoms with Gasteiger partial charge in [-0.1, -0.05) is 48.5 Å². The Morgan fingerprint density at radius 1 is 0.969 bits per heavy atom. The Kier molecular flexibility index (Phi) is 5.76. The minimum Gasteiger partial charge on any atom is -0.467 e. The van der Waals surface area contributed by atoms with Crippen molar-refractivity contribution < 1.29 is 19.2 Å². The number of nitro benzene ring substituents is 1. The van der Waals surface area contributed by atoms with E-state index >= 15 is 0 Å². The van der Waals surface area contributed by atoms with Gasteiger partial charge in [0, 0.05) is 29.3 Å². The van der Waals surface area contributed by atoms with E-state index in [1.165, 1.54) is 19.2 Å². The van der Waals surface area contributed by atoms with Crippen molar-refractivity contribution in [2.45, 2.75) is 12.5 Å². The average molecular weight is 429 g/mol. The second kappa shape index (κ2) is 8.81. The Morgan fingerprint density at radius 2 is 1.53 bits per heavy atom. The van der Waals surface area contributed by atoms with Gasteiger partial charge in [0.2, 0.25) is 0 Å². The second-order valence-corrected chi connectivity index (χ2v) is 7.20. The predicted octanol–water partition coefficient (Wildman–Crippen LogP) is 3.81. The third-order valence-electron chi connectivity index (χ3n) is 5.19. The first kappa shape index (κ1) is 20.9. The molecule has 1 amide bonds. The minimum absolute atomic E-state index is 0.0536. The lowest BCUT2D eigenvalue weighted by Crippen LogP contribution is -2.43.